The SMILES string of the molecule is CN1C(=O)CC[C@H](CNC(=O)c2cnccn2)[C@H]1c1nccn1C. The van der Waals surface area contributed by atoms with Crippen molar-refractivity contribution in [3.63, 3.8) is 0 Å². The van der Waals surface area contributed by atoms with Crippen LogP contribution in [0.3, 0.4) is 0 Å². The van der Waals surface area contributed by atoms with Crippen LogP contribution in [0.2, 0.25) is 0 Å². The van der Waals surface area contributed by atoms with Crippen molar-refractivity contribution in [2.24, 2.45) is 13.0 Å². The molecule has 3 heterocycles. The Morgan fingerprint density at radius 2 is 2.12 bits per heavy atom. The number of carbonyl (C=O) groups is 2. The van der Waals surface area contributed by atoms with Crippen molar-refractivity contribution in [3.05, 3.63) is 42.5 Å². The van der Waals surface area contributed by atoms with Crippen LogP contribution in [0, 0.1) is 5.92 Å². The average Bonchev–Trinajstić information content (AvgIpc) is 3.02. The maximum Gasteiger partial charge on any atom is 0.271 e. The minimum absolute atomic E-state index is 0.0921. The molecule has 1 saturated heterocycles. The fourth-order valence-corrected chi connectivity index (χ4v) is 3.11. The molecule has 0 saturated carbocycles. The zero-order valence-electron chi connectivity index (χ0n) is 13.7. The Hall–Kier alpha value is -2.77. The molecule has 2 aromatic rings. The molecule has 0 aromatic carbocycles. The van der Waals surface area contributed by atoms with E-state index in [2.05, 4.69) is 20.3 Å². The standard InChI is InChI=1S/C16H20N6O2/c1-21-8-7-19-15(21)14-11(3-4-13(23)22(14)2)9-20-16(24)12-10-17-5-6-18-12/h5-8,10-11,14H,3-4,9H2,1-2H3,(H,20,24)/t11-,14+/m1/s1. The molecule has 8 nitrogen and oxygen atoms in total. The minimum Gasteiger partial charge on any atom is -0.350 e. The highest BCUT2D eigenvalue weighted by molar-refractivity contribution is 5.91. The molecule has 0 unspecified atom stereocenters. The first-order valence-electron chi connectivity index (χ1n) is 7.85. The van der Waals surface area contributed by atoms with Crippen molar-refractivity contribution in [3.8, 4) is 0 Å². The van der Waals surface area contributed by atoms with E-state index >= 15 is 0 Å². The molecule has 0 radical (unpaired) electrons. The van der Waals surface area contributed by atoms with Gasteiger partial charge in [-0.05, 0) is 6.42 Å². The van der Waals surface area contributed by atoms with E-state index in [4.69, 9.17) is 0 Å². The number of carbonyl (C=O) groups excluding carboxylic acids is 2. The summed E-state index contributed by atoms with van der Waals surface area (Å²) in [5, 5.41) is 2.90. The van der Waals surface area contributed by atoms with E-state index in [0.29, 0.717) is 19.4 Å². The Morgan fingerprint density at radius 1 is 1.29 bits per heavy atom. The van der Waals surface area contributed by atoms with Gasteiger partial charge in [-0.15, -0.1) is 0 Å². The fourth-order valence-electron chi connectivity index (χ4n) is 3.11. The number of nitrogens with zero attached hydrogens (tertiary/aromatic N) is 5. The first-order valence-corrected chi connectivity index (χ1v) is 7.85. The molecule has 8 heteroatoms. The van der Waals surface area contributed by atoms with Crippen LogP contribution in [-0.4, -0.2) is 49.8 Å². The molecule has 0 aliphatic carbocycles. The molecule has 1 fully saturated rings. The Morgan fingerprint density at radius 3 is 2.79 bits per heavy atom. The van der Waals surface area contributed by atoms with Crippen LogP contribution in [0.4, 0.5) is 0 Å². The van der Waals surface area contributed by atoms with Gasteiger partial charge in [0.1, 0.15) is 11.5 Å². The third kappa shape index (κ3) is 3.12. The maximum atomic E-state index is 12.2. The summed E-state index contributed by atoms with van der Waals surface area (Å²) >= 11 is 0. The second-order valence-electron chi connectivity index (χ2n) is 5.95. The number of hydrogen-bond donors (Lipinski definition) is 1. The summed E-state index contributed by atoms with van der Waals surface area (Å²) in [6.45, 7) is 0.449. The molecule has 0 bridgehead atoms. The predicted molar refractivity (Wildman–Crippen MR) is 85.8 cm³/mol. The van der Waals surface area contributed by atoms with Crippen molar-refractivity contribution in [1.82, 2.24) is 29.7 Å². The van der Waals surface area contributed by atoms with Crippen LogP contribution >= 0.6 is 0 Å². The highest BCUT2D eigenvalue weighted by Gasteiger charge is 2.37. The molecule has 1 aliphatic heterocycles. The van der Waals surface area contributed by atoms with Crippen molar-refractivity contribution in [1.29, 1.82) is 0 Å². The minimum atomic E-state index is -0.263. The zero-order chi connectivity index (χ0) is 17.1. The van der Waals surface area contributed by atoms with E-state index in [1.165, 1.54) is 18.6 Å². The predicted octanol–water partition coefficient (Wildman–Crippen LogP) is 0.550. The number of imidazole rings is 1. The van der Waals surface area contributed by atoms with Gasteiger partial charge in [0.25, 0.3) is 5.91 Å². The maximum absolute atomic E-state index is 12.2. The first-order chi connectivity index (χ1) is 11.6. The Balaban J connectivity index is 1.74. The Labute approximate surface area is 139 Å². The van der Waals surface area contributed by atoms with Crippen molar-refractivity contribution < 1.29 is 9.59 Å². The van der Waals surface area contributed by atoms with Gasteiger partial charge in [0.2, 0.25) is 5.91 Å². The summed E-state index contributed by atoms with van der Waals surface area (Å²) in [5.41, 5.74) is 0.284. The van der Waals surface area contributed by atoms with Gasteiger partial charge in [-0.3, -0.25) is 14.6 Å². The van der Waals surface area contributed by atoms with Crippen molar-refractivity contribution in [2.45, 2.75) is 18.9 Å². The smallest absolute Gasteiger partial charge is 0.271 e. The number of piperidine rings is 1. The normalized spacial score (nSPS) is 20.9. The van der Waals surface area contributed by atoms with Gasteiger partial charge < -0.3 is 14.8 Å². The van der Waals surface area contributed by atoms with Gasteiger partial charge >= 0.3 is 0 Å². The molecule has 24 heavy (non-hydrogen) atoms. The second-order valence-corrected chi connectivity index (χ2v) is 5.95. The van der Waals surface area contributed by atoms with Gasteiger partial charge in [-0.2, -0.15) is 0 Å². The number of hydrogen-bond acceptors (Lipinski definition) is 5. The van der Waals surface area contributed by atoms with E-state index < -0.39 is 0 Å². The van der Waals surface area contributed by atoms with Gasteiger partial charge in [-0.25, -0.2) is 9.97 Å². The van der Waals surface area contributed by atoms with Gasteiger partial charge in [0.05, 0.1) is 12.2 Å². The molecule has 0 spiro atoms. The monoisotopic (exact) mass is 328 g/mol. The zero-order valence-corrected chi connectivity index (χ0v) is 13.7. The highest BCUT2D eigenvalue weighted by atomic mass is 16.2. The molecular formula is C16H20N6O2. The third-order valence-corrected chi connectivity index (χ3v) is 4.43. The number of nitrogens with one attached hydrogen (secondary N) is 1. The lowest BCUT2D eigenvalue weighted by Crippen LogP contribution is -2.45. The number of aryl methyl sites for hydroxylation is 1. The van der Waals surface area contributed by atoms with E-state index in [9.17, 15) is 9.59 Å². The van der Waals surface area contributed by atoms with E-state index in [1.807, 2.05) is 17.8 Å². The van der Waals surface area contributed by atoms with Crippen molar-refractivity contribution in [2.75, 3.05) is 13.6 Å². The first kappa shape index (κ1) is 16.1. The lowest BCUT2D eigenvalue weighted by atomic mass is 9.88. The molecule has 126 valence electrons. The van der Waals surface area contributed by atoms with Crippen LogP contribution in [0.5, 0.6) is 0 Å². The number of rotatable bonds is 4. The highest BCUT2D eigenvalue weighted by Crippen LogP contribution is 2.34. The number of likely N-dealkylation sites (tertiary alicyclic amines) is 1. The molecule has 2 amide bonds. The molecule has 2 atom stereocenters. The summed E-state index contributed by atoms with van der Waals surface area (Å²) in [7, 11) is 3.70. The van der Waals surface area contributed by atoms with E-state index in [-0.39, 0.29) is 29.5 Å². The van der Waals surface area contributed by atoms with Crippen LogP contribution in [-0.2, 0) is 11.8 Å². The van der Waals surface area contributed by atoms with Crippen LogP contribution < -0.4 is 5.32 Å². The van der Waals surface area contributed by atoms with Gasteiger partial charge in [0, 0.05) is 57.8 Å². The average molecular weight is 328 g/mol. The lowest BCUT2D eigenvalue weighted by molar-refractivity contribution is -0.137. The summed E-state index contributed by atoms with van der Waals surface area (Å²) in [5.74, 6) is 0.750. The fraction of sp³-hybridized carbons (Fsp3) is 0.438. The summed E-state index contributed by atoms with van der Waals surface area (Å²) in [4.78, 5) is 38.3. The topological polar surface area (TPSA) is 93.0 Å². The van der Waals surface area contributed by atoms with Crippen LogP contribution in [0.25, 0.3) is 0 Å². The molecular weight excluding hydrogens is 308 g/mol. The van der Waals surface area contributed by atoms with Gasteiger partial charge in [-0.1, -0.05) is 0 Å². The number of aromatic nitrogens is 4. The lowest BCUT2D eigenvalue weighted by Gasteiger charge is -2.38. The molecule has 1 N–H and O–H groups in total. The number of amides is 2. The Kier molecular flexibility index (Phi) is 4.54. The van der Waals surface area contributed by atoms with E-state index in [0.717, 1.165) is 5.82 Å². The second kappa shape index (κ2) is 6.77. The molecule has 2 aromatic heterocycles. The largest absolute Gasteiger partial charge is 0.350 e. The van der Waals surface area contributed by atoms with Crippen LogP contribution in [0.15, 0.2) is 31.0 Å². The summed E-state index contributed by atoms with van der Waals surface area (Å²) < 4.78 is 1.91. The molecule has 1 aliphatic rings. The van der Waals surface area contributed by atoms with Gasteiger partial charge in [0.15, 0.2) is 0 Å². The Bertz CT molecular complexity index is 729. The van der Waals surface area contributed by atoms with Crippen molar-refractivity contribution >= 4 is 11.8 Å². The summed E-state index contributed by atoms with van der Waals surface area (Å²) in [6, 6.07) is -0.159. The summed E-state index contributed by atoms with van der Waals surface area (Å²) in [6.07, 6.45) is 9.20. The van der Waals surface area contributed by atoms with E-state index in [1.54, 1.807) is 18.1 Å². The third-order valence-electron chi connectivity index (χ3n) is 4.43. The van der Waals surface area contributed by atoms with Crippen LogP contribution in [0.1, 0.15) is 35.2 Å². The molecule has 3 rings (SSSR count). The quantitative estimate of drug-likeness (QED) is 0.885.